The molecule has 1 saturated heterocycles. The third-order valence-electron chi connectivity index (χ3n) is 4.99. The summed E-state index contributed by atoms with van der Waals surface area (Å²) in [5, 5.41) is 39.5. The van der Waals surface area contributed by atoms with Crippen molar-refractivity contribution in [3.05, 3.63) is 66.2 Å². The Kier molecular flexibility index (Phi) is 7.67. The van der Waals surface area contributed by atoms with Crippen LogP contribution in [0.5, 0.6) is 17.2 Å². The molecule has 5 atom stereocenters. The Bertz CT molecular complexity index is 1010. The van der Waals surface area contributed by atoms with Crippen LogP contribution in [0.1, 0.15) is 15.9 Å². The van der Waals surface area contributed by atoms with E-state index in [0.29, 0.717) is 11.1 Å². The quantitative estimate of drug-likeness (QED) is 0.254. The largest absolute Gasteiger partial charge is 0.490 e. The van der Waals surface area contributed by atoms with E-state index in [2.05, 4.69) is 6.58 Å². The molecule has 4 N–H and O–H groups in total. The average Bonchev–Trinajstić information content (AvgIpc) is 2.81. The van der Waals surface area contributed by atoms with Gasteiger partial charge < -0.3 is 39.4 Å². The zero-order valence-corrected chi connectivity index (χ0v) is 17.7. The fraction of sp³-hybridized carbons (Fsp3) is 0.304. The molecular weight excluding hydrogens is 436 g/mol. The number of hydrogen-bond donors (Lipinski definition) is 4. The summed E-state index contributed by atoms with van der Waals surface area (Å²) in [6.07, 6.45) is -7.19. The molecule has 0 spiro atoms. The molecule has 2 aromatic carbocycles. The number of rotatable bonds is 8. The molecule has 1 aliphatic heterocycles. The molecule has 1 fully saturated rings. The minimum atomic E-state index is -1.87. The van der Waals surface area contributed by atoms with Gasteiger partial charge in [-0.25, -0.2) is 9.59 Å². The monoisotopic (exact) mass is 460 g/mol. The van der Waals surface area contributed by atoms with E-state index in [9.17, 15) is 30.0 Å². The number of aliphatic hydroxyl groups is 3. The lowest BCUT2D eigenvalue weighted by atomic mass is 9.99. The van der Waals surface area contributed by atoms with Gasteiger partial charge in [-0.15, -0.1) is 6.58 Å². The maximum Gasteiger partial charge on any atom is 0.343 e. The van der Waals surface area contributed by atoms with Crippen molar-refractivity contribution in [1.29, 1.82) is 0 Å². The summed E-state index contributed by atoms with van der Waals surface area (Å²) in [7, 11) is 1.30. The Morgan fingerprint density at radius 1 is 1.03 bits per heavy atom. The lowest BCUT2D eigenvalue weighted by molar-refractivity contribution is -0.271. The van der Waals surface area contributed by atoms with Gasteiger partial charge in [-0.05, 0) is 24.6 Å². The van der Waals surface area contributed by atoms with Gasteiger partial charge in [0.2, 0.25) is 12.0 Å². The fourth-order valence-electron chi connectivity index (χ4n) is 3.30. The topological polar surface area (TPSA) is 152 Å². The van der Waals surface area contributed by atoms with Crippen molar-refractivity contribution in [3.63, 3.8) is 0 Å². The van der Waals surface area contributed by atoms with E-state index in [1.807, 2.05) is 0 Å². The third kappa shape index (κ3) is 5.15. The van der Waals surface area contributed by atoms with Crippen LogP contribution in [0.4, 0.5) is 0 Å². The number of carboxylic acid groups (broad SMARTS) is 1. The number of carbonyl (C=O) groups is 2. The number of hydrogen-bond acceptors (Lipinski definition) is 9. The zero-order valence-electron chi connectivity index (χ0n) is 17.7. The SMILES string of the molecule is C=CCc1ccc(OC(=O)c2ccccc2)c(OC)c1OC1OC(C(=O)O)C(O)C(O)C1O. The molecule has 33 heavy (non-hydrogen) atoms. The van der Waals surface area contributed by atoms with Crippen molar-refractivity contribution in [2.75, 3.05) is 7.11 Å². The normalized spacial score (nSPS) is 24.5. The molecule has 10 nitrogen and oxygen atoms in total. The van der Waals surface area contributed by atoms with E-state index in [4.69, 9.17) is 18.9 Å². The highest BCUT2D eigenvalue weighted by Crippen LogP contribution is 2.42. The molecule has 176 valence electrons. The van der Waals surface area contributed by atoms with Crippen molar-refractivity contribution >= 4 is 11.9 Å². The first kappa shape index (κ1) is 24.2. The first-order chi connectivity index (χ1) is 15.8. The summed E-state index contributed by atoms with van der Waals surface area (Å²) >= 11 is 0. The smallest absolute Gasteiger partial charge is 0.343 e. The molecule has 5 unspecified atom stereocenters. The minimum Gasteiger partial charge on any atom is -0.490 e. The molecule has 0 amide bonds. The van der Waals surface area contributed by atoms with Crippen molar-refractivity contribution in [2.24, 2.45) is 0 Å². The van der Waals surface area contributed by atoms with Gasteiger partial charge in [-0.1, -0.05) is 30.3 Å². The number of methoxy groups -OCH3 is 1. The van der Waals surface area contributed by atoms with Crippen molar-refractivity contribution in [2.45, 2.75) is 37.1 Å². The lowest BCUT2D eigenvalue weighted by Gasteiger charge is -2.38. The van der Waals surface area contributed by atoms with Gasteiger partial charge in [-0.3, -0.25) is 0 Å². The van der Waals surface area contributed by atoms with E-state index < -0.39 is 42.6 Å². The van der Waals surface area contributed by atoms with Gasteiger partial charge in [0.05, 0.1) is 12.7 Å². The molecule has 3 rings (SSSR count). The maximum absolute atomic E-state index is 12.5. The second-order valence-corrected chi connectivity index (χ2v) is 7.19. The highest BCUT2D eigenvalue weighted by molar-refractivity contribution is 5.91. The number of benzene rings is 2. The summed E-state index contributed by atoms with van der Waals surface area (Å²) in [6.45, 7) is 3.67. The lowest BCUT2D eigenvalue weighted by Crippen LogP contribution is -2.61. The Hall–Kier alpha value is -3.44. The van der Waals surface area contributed by atoms with Crippen LogP contribution in [0, 0.1) is 0 Å². The van der Waals surface area contributed by atoms with Crippen molar-refractivity contribution in [1.82, 2.24) is 0 Å². The van der Waals surface area contributed by atoms with Crippen LogP contribution in [0.25, 0.3) is 0 Å². The summed E-state index contributed by atoms with van der Waals surface area (Å²) in [4.78, 5) is 23.9. The van der Waals surface area contributed by atoms with Gasteiger partial charge >= 0.3 is 11.9 Å². The van der Waals surface area contributed by atoms with E-state index >= 15 is 0 Å². The standard InChI is InChI=1S/C23H24O10/c1-3-7-12-10-11-14(31-22(29)13-8-5-4-6-9-13)19(30-2)18(12)32-23-17(26)15(24)16(25)20(33-23)21(27)28/h3-6,8-11,15-17,20,23-26H,1,7H2,2H3,(H,27,28). The average molecular weight is 460 g/mol. The van der Waals surface area contributed by atoms with Gasteiger partial charge in [0, 0.05) is 5.56 Å². The molecule has 10 heteroatoms. The molecule has 2 aromatic rings. The molecule has 1 aliphatic rings. The van der Waals surface area contributed by atoms with Crippen molar-refractivity contribution < 1.29 is 49.0 Å². The predicted octanol–water partition coefficient (Wildman–Crippen LogP) is 0.914. The van der Waals surface area contributed by atoms with Crippen LogP contribution >= 0.6 is 0 Å². The molecule has 1 heterocycles. The van der Waals surface area contributed by atoms with Gasteiger partial charge in [0.1, 0.15) is 18.3 Å². The number of allylic oxidation sites excluding steroid dienone is 1. The highest BCUT2D eigenvalue weighted by atomic mass is 16.7. The van der Waals surface area contributed by atoms with E-state index in [1.54, 1.807) is 42.5 Å². The zero-order chi connectivity index (χ0) is 24.1. The second-order valence-electron chi connectivity index (χ2n) is 7.19. The molecular formula is C23H24O10. The second kappa shape index (κ2) is 10.5. The molecule has 0 bridgehead atoms. The third-order valence-corrected chi connectivity index (χ3v) is 4.99. The summed E-state index contributed by atoms with van der Waals surface area (Å²) < 4.78 is 21.8. The minimum absolute atomic E-state index is 0.00478. The molecule has 0 saturated carbocycles. The Morgan fingerprint density at radius 2 is 1.73 bits per heavy atom. The van der Waals surface area contributed by atoms with Crippen LogP contribution in [0.15, 0.2) is 55.1 Å². The van der Waals surface area contributed by atoms with Gasteiger partial charge in [-0.2, -0.15) is 0 Å². The van der Waals surface area contributed by atoms with E-state index in [-0.39, 0.29) is 23.7 Å². The predicted molar refractivity (Wildman–Crippen MR) is 113 cm³/mol. The number of aliphatic carboxylic acids is 1. The number of carboxylic acids is 1. The first-order valence-corrected chi connectivity index (χ1v) is 9.95. The first-order valence-electron chi connectivity index (χ1n) is 9.95. The van der Waals surface area contributed by atoms with Crippen LogP contribution < -0.4 is 14.2 Å². The number of aliphatic hydroxyl groups excluding tert-OH is 3. The number of esters is 1. The van der Waals surface area contributed by atoms with Crippen LogP contribution in [-0.2, 0) is 16.0 Å². The van der Waals surface area contributed by atoms with Gasteiger partial charge in [0.15, 0.2) is 17.6 Å². The van der Waals surface area contributed by atoms with Crippen LogP contribution in [0.3, 0.4) is 0 Å². The van der Waals surface area contributed by atoms with E-state index in [1.165, 1.54) is 13.2 Å². The van der Waals surface area contributed by atoms with E-state index in [0.717, 1.165) is 0 Å². The van der Waals surface area contributed by atoms with Crippen molar-refractivity contribution in [3.8, 4) is 17.2 Å². The molecule has 0 aromatic heterocycles. The maximum atomic E-state index is 12.5. The summed E-state index contributed by atoms with van der Waals surface area (Å²) in [6, 6.07) is 11.3. The number of carbonyl (C=O) groups excluding carboxylic acids is 1. The van der Waals surface area contributed by atoms with Gasteiger partial charge in [0.25, 0.3) is 0 Å². The molecule has 0 aliphatic carbocycles. The van der Waals surface area contributed by atoms with Crippen LogP contribution in [-0.4, -0.2) is 70.2 Å². The highest BCUT2D eigenvalue weighted by Gasteiger charge is 2.48. The Balaban J connectivity index is 1.97. The fourth-order valence-corrected chi connectivity index (χ4v) is 3.30. The summed E-state index contributed by atoms with van der Waals surface area (Å²) in [5.74, 6) is -2.26. The van der Waals surface area contributed by atoms with Crippen LogP contribution in [0.2, 0.25) is 0 Å². The Morgan fingerprint density at radius 3 is 2.33 bits per heavy atom. The Labute approximate surface area is 189 Å². The summed E-state index contributed by atoms with van der Waals surface area (Å²) in [5.41, 5.74) is 0.786. The number of ether oxygens (including phenoxy) is 4. The molecule has 0 radical (unpaired) electrons.